The molecule has 1 fully saturated rings. The van der Waals surface area contributed by atoms with E-state index in [4.69, 9.17) is 10.5 Å². The minimum atomic E-state index is 0.162. The van der Waals surface area contributed by atoms with E-state index in [9.17, 15) is 5.11 Å². The molecule has 0 aromatic heterocycles. The Kier molecular flexibility index (Phi) is 3.19. The summed E-state index contributed by atoms with van der Waals surface area (Å²) in [5, 5.41) is 13.0. The molecule has 1 saturated carbocycles. The van der Waals surface area contributed by atoms with Gasteiger partial charge in [-0.25, -0.2) is 0 Å². The van der Waals surface area contributed by atoms with Crippen LogP contribution in [0.1, 0.15) is 19.3 Å². The number of ether oxygens (including phenoxy) is 1. The molecule has 0 heterocycles. The number of anilines is 1. The Morgan fingerprint density at radius 2 is 2.25 bits per heavy atom. The molecule has 1 aromatic carbocycles. The van der Waals surface area contributed by atoms with E-state index in [-0.39, 0.29) is 5.75 Å². The minimum absolute atomic E-state index is 0.162. The van der Waals surface area contributed by atoms with Gasteiger partial charge in [0.15, 0.2) is 11.5 Å². The van der Waals surface area contributed by atoms with Crippen molar-refractivity contribution in [2.75, 3.05) is 12.4 Å². The van der Waals surface area contributed by atoms with E-state index in [0.29, 0.717) is 17.8 Å². The molecular weight excluding hydrogens is 204 g/mol. The van der Waals surface area contributed by atoms with Gasteiger partial charge in [0.05, 0.1) is 7.11 Å². The van der Waals surface area contributed by atoms with Crippen LogP contribution in [-0.4, -0.2) is 24.3 Å². The summed E-state index contributed by atoms with van der Waals surface area (Å²) in [6.45, 7) is 0. The minimum Gasteiger partial charge on any atom is -0.504 e. The molecule has 16 heavy (non-hydrogen) atoms. The number of nitrogens with two attached hydrogens (primary N) is 1. The number of nitrogens with one attached hydrogen (secondary N) is 1. The highest BCUT2D eigenvalue weighted by Crippen LogP contribution is 2.30. The highest BCUT2D eigenvalue weighted by molar-refractivity contribution is 5.54. The molecule has 0 saturated heterocycles. The standard InChI is InChI=1S/C12H18N2O2/c1-16-12-5-4-10(7-11(12)15)14-9-3-2-8(13)6-9/h4-5,7-9,14-15H,2-3,6,13H2,1H3. The molecule has 0 bridgehead atoms. The zero-order valence-electron chi connectivity index (χ0n) is 9.44. The van der Waals surface area contributed by atoms with Crippen LogP contribution in [0.5, 0.6) is 11.5 Å². The Labute approximate surface area is 95.4 Å². The highest BCUT2D eigenvalue weighted by Gasteiger charge is 2.21. The van der Waals surface area contributed by atoms with Gasteiger partial charge >= 0.3 is 0 Å². The lowest BCUT2D eigenvalue weighted by atomic mass is 10.2. The first-order valence-corrected chi connectivity index (χ1v) is 5.58. The topological polar surface area (TPSA) is 67.5 Å². The van der Waals surface area contributed by atoms with E-state index >= 15 is 0 Å². The van der Waals surface area contributed by atoms with Crippen LogP contribution < -0.4 is 15.8 Å². The van der Waals surface area contributed by atoms with Crippen LogP contribution in [0, 0.1) is 0 Å². The zero-order valence-corrected chi connectivity index (χ0v) is 9.44. The van der Waals surface area contributed by atoms with Crippen LogP contribution in [0.3, 0.4) is 0 Å². The van der Waals surface area contributed by atoms with E-state index < -0.39 is 0 Å². The summed E-state index contributed by atoms with van der Waals surface area (Å²) in [5.41, 5.74) is 6.76. The van der Waals surface area contributed by atoms with Gasteiger partial charge in [0.25, 0.3) is 0 Å². The Balaban J connectivity index is 2.02. The third-order valence-corrected chi connectivity index (χ3v) is 3.02. The summed E-state index contributed by atoms with van der Waals surface area (Å²) in [4.78, 5) is 0. The van der Waals surface area contributed by atoms with Crippen LogP contribution >= 0.6 is 0 Å². The zero-order chi connectivity index (χ0) is 11.5. The predicted molar refractivity (Wildman–Crippen MR) is 63.9 cm³/mol. The van der Waals surface area contributed by atoms with Crippen LogP contribution in [0.25, 0.3) is 0 Å². The van der Waals surface area contributed by atoms with Crippen molar-refractivity contribution in [2.45, 2.75) is 31.3 Å². The van der Waals surface area contributed by atoms with Crippen molar-refractivity contribution < 1.29 is 9.84 Å². The molecule has 4 N–H and O–H groups in total. The first-order valence-electron chi connectivity index (χ1n) is 5.58. The summed E-state index contributed by atoms with van der Waals surface area (Å²) in [6.07, 6.45) is 3.15. The van der Waals surface area contributed by atoms with Gasteiger partial charge in [-0.15, -0.1) is 0 Å². The molecule has 4 heteroatoms. The van der Waals surface area contributed by atoms with Gasteiger partial charge in [-0.05, 0) is 31.4 Å². The Hall–Kier alpha value is -1.42. The Bertz CT molecular complexity index is 368. The number of hydrogen-bond acceptors (Lipinski definition) is 4. The molecule has 1 aliphatic rings. The van der Waals surface area contributed by atoms with Crippen LogP contribution in [0.4, 0.5) is 5.69 Å². The quantitative estimate of drug-likeness (QED) is 0.728. The molecule has 2 unspecified atom stereocenters. The van der Waals surface area contributed by atoms with Gasteiger partial charge in [-0.3, -0.25) is 0 Å². The van der Waals surface area contributed by atoms with Crippen LogP contribution in [0.15, 0.2) is 18.2 Å². The summed E-state index contributed by atoms with van der Waals surface area (Å²) in [5.74, 6) is 0.656. The highest BCUT2D eigenvalue weighted by atomic mass is 16.5. The monoisotopic (exact) mass is 222 g/mol. The summed E-state index contributed by atoms with van der Waals surface area (Å²) >= 11 is 0. The maximum absolute atomic E-state index is 9.63. The molecule has 2 rings (SSSR count). The van der Waals surface area contributed by atoms with Crippen LogP contribution in [0.2, 0.25) is 0 Å². The number of methoxy groups -OCH3 is 1. The second-order valence-electron chi connectivity index (χ2n) is 4.30. The normalized spacial score (nSPS) is 24.4. The molecule has 1 aromatic rings. The summed E-state index contributed by atoms with van der Waals surface area (Å²) in [7, 11) is 1.54. The second kappa shape index (κ2) is 4.61. The number of rotatable bonds is 3. The molecular formula is C12H18N2O2. The molecule has 0 spiro atoms. The van der Waals surface area contributed by atoms with Crippen LogP contribution in [-0.2, 0) is 0 Å². The summed E-state index contributed by atoms with van der Waals surface area (Å²) in [6, 6.07) is 6.07. The molecule has 0 radical (unpaired) electrons. The lowest BCUT2D eigenvalue weighted by Gasteiger charge is -2.14. The van der Waals surface area contributed by atoms with Gasteiger partial charge in [-0.1, -0.05) is 0 Å². The predicted octanol–water partition coefficient (Wildman–Crippen LogP) is 1.69. The second-order valence-corrected chi connectivity index (χ2v) is 4.30. The van der Waals surface area contributed by atoms with E-state index in [2.05, 4.69) is 5.32 Å². The van der Waals surface area contributed by atoms with Crippen molar-refractivity contribution in [2.24, 2.45) is 5.73 Å². The van der Waals surface area contributed by atoms with Crippen molar-refractivity contribution in [3.63, 3.8) is 0 Å². The summed E-state index contributed by atoms with van der Waals surface area (Å²) < 4.78 is 4.99. The third kappa shape index (κ3) is 2.39. The first kappa shape index (κ1) is 11.1. The van der Waals surface area contributed by atoms with Crippen molar-refractivity contribution in [3.8, 4) is 11.5 Å². The number of phenols is 1. The number of phenolic OH excluding ortho intramolecular Hbond substituents is 1. The van der Waals surface area contributed by atoms with Gasteiger partial charge in [-0.2, -0.15) is 0 Å². The lowest BCUT2D eigenvalue weighted by Crippen LogP contribution is -2.20. The van der Waals surface area contributed by atoms with E-state index in [1.807, 2.05) is 6.07 Å². The third-order valence-electron chi connectivity index (χ3n) is 3.02. The largest absolute Gasteiger partial charge is 0.504 e. The Morgan fingerprint density at radius 1 is 1.44 bits per heavy atom. The fourth-order valence-corrected chi connectivity index (χ4v) is 2.16. The average molecular weight is 222 g/mol. The van der Waals surface area contributed by atoms with Crippen molar-refractivity contribution >= 4 is 5.69 Å². The maximum Gasteiger partial charge on any atom is 0.160 e. The van der Waals surface area contributed by atoms with Gasteiger partial charge in [0, 0.05) is 23.8 Å². The number of hydrogen-bond donors (Lipinski definition) is 3. The van der Waals surface area contributed by atoms with Crippen molar-refractivity contribution in [1.29, 1.82) is 0 Å². The molecule has 0 amide bonds. The molecule has 88 valence electrons. The average Bonchev–Trinajstić information content (AvgIpc) is 2.64. The van der Waals surface area contributed by atoms with Gasteiger partial charge in [0.2, 0.25) is 0 Å². The van der Waals surface area contributed by atoms with E-state index in [0.717, 1.165) is 24.9 Å². The fourth-order valence-electron chi connectivity index (χ4n) is 2.16. The SMILES string of the molecule is COc1ccc(NC2CCC(N)C2)cc1O. The van der Waals surface area contributed by atoms with Gasteiger partial charge < -0.3 is 20.9 Å². The first-order chi connectivity index (χ1) is 7.69. The number of aromatic hydroxyl groups is 1. The Morgan fingerprint density at radius 3 is 2.81 bits per heavy atom. The van der Waals surface area contributed by atoms with Crippen molar-refractivity contribution in [3.05, 3.63) is 18.2 Å². The molecule has 1 aliphatic carbocycles. The fraction of sp³-hybridized carbons (Fsp3) is 0.500. The molecule has 0 aliphatic heterocycles. The number of benzene rings is 1. The van der Waals surface area contributed by atoms with E-state index in [1.54, 1.807) is 12.1 Å². The smallest absolute Gasteiger partial charge is 0.160 e. The van der Waals surface area contributed by atoms with Crippen molar-refractivity contribution in [1.82, 2.24) is 0 Å². The lowest BCUT2D eigenvalue weighted by molar-refractivity contribution is 0.373. The van der Waals surface area contributed by atoms with E-state index in [1.165, 1.54) is 7.11 Å². The molecule has 4 nitrogen and oxygen atoms in total. The maximum atomic E-state index is 9.63. The van der Waals surface area contributed by atoms with Gasteiger partial charge in [0.1, 0.15) is 0 Å². The molecule has 2 atom stereocenters.